The van der Waals surface area contributed by atoms with Gasteiger partial charge in [-0.25, -0.2) is 0 Å². The topological polar surface area (TPSA) is 46.1 Å². The Morgan fingerprint density at radius 3 is 2.87 bits per heavy atom. The molecule has 0 bridgehead atoms. The second kappa shape index (κ2) is 5.62. The average molecular weight is 321 g/mol. The van der Waals surface area contributed by atoms with Gasteiger partial charge in [0, 0.05) is 56.1 Å². The summed E-state index contributed by atoms with van der Waals surface area (Å²) in [6.45, 7) is 9.64. The molecule has 0 radical (unpaired) electrons. The summed E-state index contributed by atoms with van der Waals surface area (Å²) in [4.78, 5) is 7.05. The zero-order valence-corrected chi connectivity index (χ0v) is 14.8. The van der Waals surface area contributed by atoms with Gasteiger partial charge < -0.3 is 19.7 Å². The zero-order valence-electron chi connectivity index (χ0n) is 14.8. The van der Waals surface area contributed by atoms with Crippen molar-refractivity contribution in [3.05, 3.63) is 0 Å². The number of ether oxygens (including phenoxy) is 2. The quantitative estimate of drug-likeness (QED) is 0.592. The Balaban J connectivity index is 1.43. The molecule has 1 N–H and O–H groups in total. The third kappa shape index (κ3) is 2.47. The molecule has 5 nitrogen and oxygen atoms in total. The van der Waals surface area contributed by atoms with Gasteiger partial charge in [0.2, 0.25) is 0 Å². The van der Waals surface area contributed by atoms with Crippen LogP contribution in [0.3, 0.4) is 0 Å². The fraction of sp³-hybridized carbons (Fsp3) is 0.944. The first-order chi connectivity index (χ1) is 11.1. The molecule has 3 saturated heterocycles. The molecule has 4 unspecified atom stereocenters. The lowest BCUT2D eigenvalue weighted by Gasteiger charge is -2.60. The Hall–Kier alpha value is -0.810. The first kappa shape index (κ1) is 15.7. The third-order valence-electron chi connectivity index (χ3n) is 6.75. The van der Waals surface area contributed by atoms with Gasteiger partial charge in [-0.1, -0.05) is 13.8 Å². The second-order valence-electron chi connectivity index (χ2n) is 8.56. The lowest BCUT2D eigenvalue weighted by Crippen LogP contribution is -2.71. The maximum Gasteiger partial charge on any atom is 0.193 e. The monoisotopic (exact) mass is 321 g/mol. The van der Waals surface area contributed by atoms with E-state index in [0.717, 1.165) is 38.9 Å². The third-order valence-corrected chi connectivity index (χ3v) is 6.75. The maximum atomic E-state index is 6.03. The van der Waals surface area contributed by atoms with Gasteiger partial charge in [-0.05, 0) is 25.7 Å². The van der Waals surface area contributed by atoms with E-state index in [-0.39, 0.29) is 5.41 Å². The minimum atomic E-state index is 0.189. The molecule has 4 aliphatic rings. The van der Waals surface area contributed by atoms with E-state index in [4.69, 9.17) is 9.47 Å². The van der Waals surface area contributed by atoms with Crippen molar-refractivity contribution < 1.29 is 9.47 Å². The first-order valence-corrected chi connectivity index (χ1v) is 9.23. The van der Waals surface area contributed by atoms with Crippen molar-refractivity contribution in [2.45, 2.75) is 51.7 Å². The Morgan fingerprint density at radius 2 is 2.13 bits per heavy atom. The van der Waals surface area contributed by atoms with Crippen LogP contribution in [0.2, 0.25) is 0 Å². The predicted octanol–water partition coefficient (Wildman–Crippen LogP) is 1.88. The highest BCUT2D eigenvalue weighted by Crippen LogP contribution is 2.51. The molecule has 3 aliphatic heterocycles. The van der Waals surface area contributed by atoms with Gasteiger partial charge in [0.1, 0.15) is 0 Å². The predicted molar refractivity (Wildman–Crippen MR) is 90.6 cm³/mol. The normalized spacial score (nSPS) is 42.7. The van der Waals surface area contributed by atoms with Gasteiger partial charge in [-0.2, -0.15) is 0 Å². The van der Waals surface area contributed by atoms with Crippen molar-refractivity contribution in [3.63, 3.8) is 0 Å². The van der Waals surface area contributed by atoms with Crippen molar-refractivity contribution in [3.8, 4) is 0 Å². The van der Waals surface area contributed by atoms with E-state index >= 15 is 0 Å². The molecule has 0 aromatic heterocycles. The van der Waals surface area contributed by atoms with E-state index in [1.165, 1.54) is 25.7 Å². The van der Waals surface area contributed by atoms with Crippen LogP contribution < -0.4 is 5.32 Å². The molecular weight excluding hydrogens is 290 g/mol. The van der Waals surface area contributed by atoms with Crippen LogP contribution in [0.4, 0.5) is 0 Å². The van der Waals surface area contributed by atoms with Crippen LogP contribution in [0.25, 0.3) is 0 Å². The van der Waals surface area contributed by atoms with Gasteiger partial charge in [0.05, 0.1) is 12.7 Å². The molecule has 4 fully saturated rings. The summed E-state index contributed by atoms with van der Waals surface area (Å²) in [5.41, 5.74) is 0.568. The lowest BCUT2D eigenvalue weighted by molar-refractivity contribution is -0.188. The number of likely N-dealkylation sites (tertiary alicyclic amines) is 1. The van der Waals surface area contributed by atoms with Crippen LogP contribution in [0, 0.1) is 16.7 Å². The number of nitrogens with one attached hydrogen (secondary N) is 1. The fourth-order valence-electron chi connectivity index (χ4n) is 5.34. The van der Waals surface area contributed by atoms with Gasteiger partial charge in [0.25, 0.3) is 0 Å². The number of hydrogen-bond donors (Lipinski definition) is 1. The molecule has 4 rings (SSSR count). The molecule has 4 atom stereocenters. The molecule has 1 spiro atoms. The number of nitrogens with zero attached hydrogens (tertiary/aromatic N) is 2. The number of guanidine groups is 1. The van der Waals surface area contributed by atoms with Gasteiger partial charge in [-0.15, -0.1) is 0 Å². The fourth-order valence-corrected chi connectivity index (χ4v) is 5.34. The summed E-state index contributed by atoms with van der Waals surface area (Å²) in [6.07, 6.45) is 5.32. The van der Waals surface area contributed by atoms with E-state index in [1.54, 1.807) is 0 Å². The Morgan fingerprint density at radius 1 is 1.26 bits per heavy atom. The largest absolute Gasteiger partial charge is 0.381 e. The maximum absolute atomic E-state index is 6.03. The number of rotatable bonds is 1. The summed E-state index contributed by atoms with van der Waals surface area (Å²) in [5.74, 6) is 1.72. The van der Waals surface area contributed by atoms with Crippen molar-refractivity contribution in [2.24, 2.45) is 21.7 Å². The SMILES string of the molecule is CN=C(NC1C2CCCOC2C1(C)C)N1CCC2(CCOC2)C1. The summed E-state index contributed by atoms with van der Waals surface area (Å²) in [5, 5.41) is 3.80. The molecule has 1 aliphatic carbocycles. The van der Waals surface area contributed by atoms with Crippen molar-refractivity contribution in [1.82, 2.24) is 10.2 Å². The zero-order chi connectivity index (χ0) is 16.1. The number of hydrogen-bond acceptors (Lipinski definition) is 3. The molecule has 0 aromatic rings. The molecular formula is C18H31N3O2. The molecule has 1 saturated carbocycles. The number of aliphatic imine (C=N–C) groups is 1. The van der Waals surface area contributed by atoms with E-state index in [2.05, 4.69) is 29.1 Å². The standard InChI is InChI=1S/C18H31N3O2/c1-17(2)14(13-5-4-9-23-15(13)17)20-16(19-3)21-8-6-18(11-21)7-10-22-12-18/h13-15H,4-12H2,1-3H3,(H,19,20). The lowest BCUT2D eigenvalue weighted by atomic mass is 9.55. The minimum Gasteiger partial charge on any atom is -0.381 e. The van der Waals surface area contributed by atoms with E-state index in [0.29, 0.717) is 23.5 Å². The second-order valence-corrected chi connectivity index (χ2v) is 8.56. The van der Waals surface area contributed by atoms with Crippen LogP contribution in [0.15, 0.2) is 4.99 Å². The smallest absolute Gasteiger partial charge is 0.193 e. The van der Waals surface area contributed by atoms with Crippen molar-refractivity contribution in [1.29, 1.82) is 0 Å². The van der Waals surface area contributed by atoms with E-state index in [9.17, 15) is 0 Å². The van der Waals surface area contributed by atoms with Gasteiger partial charge >= 0.3 is 0 Å². The van der Waals surface area contributed by atoms with Gasteiger partial charge in [-0.3, -0.25) is 4.99 Å². The Kier molecular flexibility index (Phi) is 3.84. The number of fused-ring (bicyclic) bond motifs is 1. The average Bonchev–Trinajstić information content (AvgIpc) is 3.19. The Labute approximate surface area is 139 Å². The molecule has 0 aromatic carbocycles. The van der Waals surface area contributed by atoms with Crippen LogP contribution in [-0.4, -0.2) is 63.0 Å². The van der Waals surface area contributed by atoms with E-state index in [1.807, 2.05) is 7.05 Å². The van der Waals surface area contributed by atoms with Crippen molar-refractivity contribution in [2.75, 3.05) is 40.0 Å². The molecule has 0 amide bonds. The molecule has 3 heterocycles. The van der Waals surface area contributed by atoms with Crippen LogP contribution in [-0.2, 0) is 9.47 Å². The van der Waals surface area contributed by atoms with Crippen molar-refractivity contribution >= 4 is 5.96 Å². The van der Waals surface area contributed by atoms with E-state index < -0.39 is 0 Å². The summed E-state index contributed by atoms with van der Waals surface area (Å²) in [7, 11) is 1.92. The van der Waals surface area contributed by atoms with Crippen LogP contribution in [0.1, 0.15) is 39.5 Å². The summed E-state index contributed by atoms with van der Waals surface area (Å²) < 4.78 is 11.7. The highest BCUT2D eigenvalue weighted by molar-refractivity contribution is 5.81. The highest BCUT2D eigenvalue weighted by Gasteiger charge is 2.58. The summed E-state index contributed by atoms with van der Waals surface area (Å²) >= 11 is 0. The van der Waals surface area contributed by atoms with Gasteiger partial charge in [0.15, 0.2) is 5.96 Å². The summed E-state index contributed by atoms with van der Waals surface area (Å²) in [6, 6.07) is 0.475. The molecule has 5 heteroatoms. The molecule has 130 valence electrons. The highest BCUT2D eigenvalue weighted by atomic mass is 16.5. The first-order valence-electron chi connectivity index (χ1n) is 9.23. The minimum absolute atomic E-state index is 0.189. The van der Waals surface area contributed by atoms with Crippen LogP contribution in [0.5, 0.6) is 0 Å². The Bertz CT molecular complexity index is 485. The molecule has 23 heavy (non-hydrogen) atoms. The van der Waals surface area contributed by atoms with Crippen LogP contribution >= 0.6 is 0 Å².